The van der Waals surface area contributed by atoms with Crippen molar-refractivity contribution in [1.82, 2.24) is 4.90 Å². The van der Waals surface area contributed by atoms with Crippen LogP contribution in [0.5, 0.6) is 11.5 Å². The van der Waals surface area contributed by atoms with Crippen molar-refractivity contribution in [2.24, 2.45) is 0 Å². The third-order valence-electron chi connectivity index (χ3n) is 3.42. The molecule has 0 aliphatic heterocycles. The van der Waals surface area contributed by atoms with E-state index in [1.54, 1.807) is 37.3 Å². The Hall–Kier alpha value is -2.01. The van der Waals surface area contributed by atoms with Gasteiger partial charge < -0.3 is 14.4 Å². The minimum Gasteiger partial charge on any atom is -0.493 e. The van der Waals surface area contributed by atoms with E-state index in [0.29, 0.717) is 30.2 Å². The molecule has 0 heterocycles. The summed E-state index contributed by atoms with van der Waals surface area (Å²) in [7, 11) is 3.37. The number of rotatable bonds is 6. The first-order valence-corrected chi connectivity index (χ1v) is 8.15. The highest BCUT2D eigenvalue weighted by molar-refractivity contribution is 9.10. The van der Waals surface area contributed by atoms with Crippen LogP contribution in [0.15, 0.2) is 46.9 Å². The maximum absolute atomic E-state index is 12.6. The number of halogens is 1. The summed E-state index contributed by atoms with van der Waals surface area (Å²) >= 11 is 3.51. The van der Waals surface area contributed by atoms with Crippen LogP contribution >= 0.6 is 15.9 Å². The quantitative estimate of drug-likeness (QED) is 0.759. The lowest BCUT2D eigenvalue weighted by Gasteiger charge is -2.19. The molecule has 1 amide bonds. The van der Waals surface area contributed by atoms with Crippen LogP contribution in [0.25, 0.3) is 0 Å². The molecule has 0 atom stereocenters. The fraction of sp³-hybridized carbons (Fsp3) is 0.278. The molecule has 0 bridgehead atoms. The van der Waals surface area contributed by atoms with Crippen LogP contribution in [0, 0.1) is 0 Å². The van der Waals surface area contributed by atoms with E-state index >= 15 is 0 Å². The third-order valence-corrected chi connectivity index (χ3v) is 4.20. The van der Waals surface area contributed by atoms with Crippen LogP contribution in [0.4, 0.5) is 0 Å². The molecule has 5 heteroatoms. The number of hydrogen-bond acceptors (Lipinski definition) is 3. The summed E-state index contributed by atoms with van der Waals surface area (Å²) in [6, 6.07) is 13.1. The summed E-state index contributed by atoms with van der Waals surface area (Å²) in [4.78, 5) is 14.3. The molecule has 23 heavy (non-hydrogen) atoms. The SMILES string of the molecule is CCOc1cc(C(=O)N(C)Cc2ccccc2Br)ccc1OC. The molecule has 0 aliphatic rings. The second kappa shape index (κ2) is 8.02. The summed E-state index contributed by atoms with van der Waals surface area (Å²) < 4.78 is 11.8. The van der Waals surface area contributed by atoms with Gasteiger partial charge in [0.25, 0.3) is 5.91 Å². The Kier molecular flexibility index (Phi) is 6.04. The third kappa shape index (κ3) is 4.26. The maximum Gasteiger partial charge on any atom is 0.254 e. The van der Waals surface area contributed by atoms with Gasteiger partial charge in [0, 0.05) is 23.6 Å². The molecule has 2 aromatic carbocycles. The summed E-state index contributed by atoms with van der Waals surface area (Å²) in [6.07, 6.45) is 0. The van der Waals surface area contributed by atoms with Crippen molar-refractivity contribution in [3.63, 3.8) is 0 Å². The van der Waals surface area contributed by atoms with Crippen LogP contribution in [0.1, 0.15) is 22.8 Å². The Morgan fingerprint density at radius 1 is 1.17 bits per heavy atom. The van der Waals surface area contributed by atoms with Crippen molar-refractivity contribution in [1.29, 1.82) is 0 Å². The lowest BCUT2D eigenvalue weighted by atomic mass is 10.1. The van der Waals surface area contributed by atoms with Crippen LogP contribution in [-0.2, 0) is 6.54 Å². The van der Waals surface area contributed by atoms with E-state index in [4.69, 9.17) is 9.47 Å². The molecule has 0 N–H and O–H groups in total. The highest BCUT2D eigenvalue weighted by atomic mass is 79.9. The first kappa shape index (κ1) is 17.3. The van der Waals surface area contributed by atoms with E-state index in [0.717, 1.165) is 10.0 Å². The molecule has 0 aliphatic carbocycles. The summed E-state index contributed by atoms with van der Waals surface area (Å²) in [6.45, 7) is 2.93. The van der Waals surface area contributed by atoms with E-state index in [9.17, 15) is 4.79 Å². The van der Waals surface area contributed by atoms with E-state index in [1.165, 1.54) is 0 Å². The van der Waals surface area contributed by atoms with Crippen LogP contribution < -0.4 is 9.47 Å². The average molecular weight is 378 g/mol. The van der Waals surface area contributed by atoms with E-state index in [1.807, 2.05) is 31.2 Å². The lowest BCUT2D eigenvalue weighted by Crippen LogP contribution is -2.26. The van der Waals surface area contributed by atoms with Crippen molar-refractivity contribution in [3.05, 3.63) is 58.1 Å². The first-order chi connectivity index (χ1) is 11.1. The number of ether oxygens (including phenoxy) is 2. The topological polar surface area (TPSA) is 38.8 Å². The van der Waals surface area contributed by atoms with Crippen molar-refractivity contribution < 1.29 is 14.3 Å². The molecule has 122 valence electrons. The fourth-order valence-corrected chi connectivity index (χ4v) is 2.66. The zero-order valence-electron chi connectivity index (χ0n) is 13.5. The number of nitrogens with zero attached hydrogens (tertiary/aromatic N) is 1. The highest BCUT2D eigenvalue weighted by Gasteiger charge is 2.16. The van der Waals surface area contributed by atoms with Crippen molar-refractivity contribution in [2.45, 2.75) is 13.5 Å². The summed E-state index contributed by atoms with van der Waals surface area (Å²) in [5, 5.41) is 0. The Morgan fingerprint density at radius 3 is 2.57 bits per heavy atom. The number of carbonyl (C=O) groups is 1. The van der Waals surface area contributed by atoms with Gasteiger partial charge in [-0.1, -0.05) is 34.1 Å². The molecule has 2 rings (SSSR count). The fourth-order valence-electron chi connectivity index (χ4n) is 2.25. The lowest BCUT2D eigenvalue weighted by molar-refractivity contribution is 0.0784. The van der Waals surface area contributed by atoms with E-state index in [-0.39, 0.29) is 5.91 Å². The van der Waals surface area contributed by atoms with Gasteiger partial charge in [-0.2, -0.15) is 0 Å². The van der Waals surface area contributed by atoms with Crippen LogP contribution in [0.2, 0.25) is 0 Å². The molecule has 0 aromatic heterocycles. The zero-order chi connectivity index (χ0) is 16.8. The molecule has 0 spiro atoms. The standard InChI is InChI=1S/C18H20BrNO3/c1-4-23-17-11-13(9-10-16(17)22-3)18(21)20(2)12-14-7-5-6-8-15(14)19/h5-11H,4,12H2,1-3H3. The largest absolute Gasteiger partial charge is 0.493 e. The molecule has 2 aromatic rings. The molecular weight excluding hydrogens is 358 g/mol. The van der Waals surface area contributed by atoms with Gasteiger partial charge in [0.1, 0.15) is 0 Å². The molecule has 0 unspecified atom stereocenters. The second-order valence-electron chi connectivity index (χ2n) is 5.05. The van der Waals surface area contributed by atoms with Gasteiger partial charge in [0.05, 0.1) is 13.7 Å². The number of hydrogen-bond donors (Lipinski definition) is 0. The van der Waals surface area contributed by atoms with Gasteiger partial charge in [0.2, 0.25) is 0 Å². The van der Waals surface area contributed by atoms with Gasteiger partial charge in [-0.15, -0.1) is 0 Å². The van der Waals surface area contributed by atoms with E-state index < -0.39 is 0 Å². The smallest absolute Gasteiger partial charge is 0.254 e. The second-order valence-corrected chi connectivity index (χ2v) is 5.91. The Balaban J connectivity index is 2.19. The predicted octanol–water partition coefficient (Wildman–Crippen LogP) is 4.13. The van der Waals surface area contributed by atoms with Crippen molar-refractivity contribution in [3.8, 4) is 11.5 Å². The van der Waals surface area contributed by atoms with E-state index in [2.05, 4.69) is 15.9 Å². The number of carbonyl (C=O) groups excluding carboxylic acids is 1. The van der Waals surface area contributed by atoms with Crippen molar-refractivity contribution in [2.75, 3.05) is 20.8 Å². The molecular formula is C18H20BrNO3. The molecule has 0 saturated carbocycles. The minimum absolute atomic E-state index is 0.0654. The highest BCUT2D eigenvalue weighted by Crippen LogP contribution is 2.28. The Bertz CT molecular complexity index is 688. The first-order valence-electron chi connectivity index (χ1n) is 7.36. The Morgan fingerprint density at radius 2 is 1.91 bits per heavy atom. The van der Waals surface area contributed by atoms with Crippen LogP contribution in [0.3, 0.4) is 0 Å². The zero-order valence-corrected chi connectivity index (χ0v) is 15.1. The average Bonchev–Trinajstić information content (AvgIpc) is 2.56. The minimum atomic E-state index is -0.0654. The Labute approximate surface area is 145 Å². The van der Waals surface area contributed by atoms with Crippen molar-refractivity contribution >= 4 is 21.8 Å². The van der Waals surface area contributed by atoms with Gasteiger partial charge in [-0.05, 0) is 36.8 Å². The number of benzene rings is 2. The molecule has 0 saturated heterocycles. The van der Waals surface area contributed by atoms with Gasteiger partial charge >= 0.3 is 0 Å². The molecule has 0 fully saturated rings. The summed E-state index contributed by atoms with van der Waals surface area (Å²) in [5.41, 5.74) is 1.63. The molecule has 0 radical (unpaired) electrons. The van der Waals surface area contributed by atoms with Gasteiger partial charge in [-0.3, -0.25) is 4.79 Å². The van der Waals surface area contributed by atoms with Gasteiger partial charge in [0.15, 0.2) is 11.5 Å². The maximum atomic E-state index is 12.6. The molecule has 4 nitrogen and oxygen atoms in total. The number of amides is 1. The summed E-state index contributed by atoms with van der Waals surface area (Å²) in [5.74, 6) is 1.14. The monoisotopic (exact) mass is 377 g/mol. The predicted molar refractivity (Wildman–Crippen MR) is 94.1 cm³/mol. The van der Waals surface area contributed by atoms with Crippen LogP contribution in [-0.4, -0.2) is 31.6 Å². The van der Waals surface area contributed by atoms with Gasteiger partial charge in [-0.25, -0.2) is 0 Å². The number of methoxy groups -OCH3 is 1. The normalized spacial score (nSPS) is 10.3.